The Labute approximate surface area is 106 Å². The van der Waals surface area contributed by atoms with Gasteiger partial charge < -0.3 is 4.74 Å². The lowest BCUT2D eigenvalue weighted by Gasteiger charge is -2.10. The number of halogens is 1. The molecule has 1 rings (SSSR count). The highest BCUT2D eigenvalue weighted by atomic mass is 79.9. The van der Waals surface area contributed by atoms with Gasteiger partial charge in [-0.3, -0.25) is 4.79 Å². The monoisotopic (exact) mass is 286 g/mol. The van der Waals surface area contributed by atoms with E-state index < -0.39 is 0 Å². The zero-order valence-electron chi connectivity index (χ0n) is 10.5. The van der Waals surface area contributed by atoms with Gasteiger partial charge in [0.05, 0.1) is 13.0 Å². The molecule has 0 saturated heterocycles. The molecular formula is C13H19BrO2. The number of methoxy groups -OCH3 is 1. The number of hydrogen-bond acceptors (Lipinski definition) is 2. The van der Waals surface area contributed by atoms with Crippen molar-refractivity contribution < 1.29 is 9.53 Å². The largest absolute Gasteiger partial charge is 0.469 e. The number of aryl methyl sites for hydroxylation is 1. The minimum Gasteiger partial charge on any atom is -0.469 e. The molecule has 0 radical (unpaired) electrons. The maximum absolute atomic E-state index is 11.3. The summed E-state index contributed by atoms with van der Waals surface area (Å²) in [6, 6.07) is 5.89. The third-order valence-corrected chi connectivity index (χ3v) is 3.10. The van der Waals surface area contributed by atoms with E-state index >= 15 is 0 Å². The van der Waals surface area contributed by atoms with Crippen molar-refractivity contribution in [2.75, 3.05) is 7.11 Å². The minimum atomic E-state index is -0.211. The maximum Gasteiger partial charge on any atom is 0.312 e. The first kappa shape index (κ1) is 15.2. The summed E-state index contributed by atoms with van der Waals surface area (Å²) in [6.07, 6.45) is 0. The average Bonchev–Trinajstić information content (AvgIpc) is 2.33. The highest BCUT2D eigenvalue weighted by molar-refractivity contribution is 9.10. The van der Waals surface area contributed by atoms with Gasteiger partial charge in [-0.25, -0.2) is 0 Å². The van der Waals surface area contributed by atoms with Gasteiger partial charge in [0.2, 0.25) is 0 Å². The lowest BCUT2D eigenvalue weighted by atomic mass is 10.0. The van der Waals surface area contributed by atoms with E-state index in [1.807, 2.05) is 45.9 Å². The standard InChI is InChI=1S/C11H13BrO2.C2H6/c1-7-4-5-9(6-10(7)12)8(2)11(13)14-3;1-2/h4-6,8H,1-3H3;1-2H3. The van der Waals surface area contributed by atoms with E-state index in [1.165, 1.54) is 7.11 Å². The van der Waals surface area contributed by atoms with Crippen LogP contribution in [-0.4, -0.2) is 13.1 Å². The topological polar surface area (TPSA) is 26.3 Å². The molecule has 90 valence electrons. The molecule has 3 heteroatoms. The third kappa shape index (κ3) is 3.97. The van der Waals surface area contributed by atoms with Gasteiger partial charge >= 0.3 is 5.97 Å². The van der Waals surface area contributed by atoms with Crippen LogP contribution in [0.2, 0.25) is 0 Å². The molecule has 0 fully saturated rings. The van der Waals surface area contributed by atoms with Gasteiger partial charge in [-0.05, 0) is 31.0 Å². The average molecular weight is 287 g/mol. The third-order valence-electron chi connectivity index (χ3n) is 2.25. The number of benzene rings is 1. The molecule has 1 atom stereocenters. The summed E-state index contributed by atoms with van der Waals surface area (Å²) >= 11 is 3.43. The van der Waals surface area contributed by atoms with Crippen molar-refractivity contribution in [1.82, 2.24) is 0 Å². The van der Waals surface area contributed by atoms with Crippen molar-refractivity contribution in [1.29, 1.82) is 0 Å². The van der Waals surface area contributed by atoms with E-state index in [4.69, 9.17) is 0 Å². The Morgan fingerprint density at radius 1 is 1.38 bits per heavy atom. The van der Waals surface area contributed by atoms with Crippen molar-refractivity contribution >= 4 is 21.9 Å². The molecule has 0 saturated carbocycles. The van der Waals surface area contributed by atoms with Crippen LogP contribution in [-0.2, 0) is 9.53 Å². The number of ether oxygens (including phenoxy) is 1. The number of carbonyl (C=O) groups excluding carboxylic acids is 1. The summed E-state index contributed by atoms with van der Waals surface area (Å²) < 4.78 is 5.70. The quantitative estimate of drug-likeness (QED) is 0.767. The minimum absolute atomic E-state index is 0.208. The van der Waals surface area contributed by atoms with Crippen LogP contribution in [0, 0.1) is 6.92 Å². The van der Waals surface area contributed by atoms with Crippen LogP contribution in [0.1, 0.15) is 37.8 Å². The highest BCUT2D eigenvalue weighted by Crippen LogP contribution is 2.23. The fourth-order valence-corrected chi connectivity index (χ4v) is 1.59. The summed E-state index contributed by atoms with van der Waals surface area (Å²) in [5.41, 5.74) is 2.13. The van der Waals surface area contributed by atoms with Gasteiger partial charge in [0.1, 0.15) is 0 Å². The van der Waals surface area contributed by atoms with Crippen LogP contribution in [0.4, 0.5) is 0 Å². The first-order valence-corrected chi connectivity index (χ1v) is 6.19. The predicted molar refractivity (Wildman–Crippen MR) is 70.7 cm³/mol. The van der Waals surface area contributed by atoms with E-state index in [1.54, 1.807) is 0 Å². The Morgan fingerprint density at radius 2 is 1.94 bits per heavy atom. The molecule has 0 aliphatic carbocycles. The molecule has 2 nitrogen and oxygen atoms in total. The van der Waals surface area contributed by atoms with Crippen molar-refractivity contribution in [3.63, 3.8) is 0 Å². The van der Waals surface area contributed by atoms with E-state index in [9.17, 15) is 4.79 Å². The van der Waals surface area contributed by atoms with Gasteiger partial charge in [-0.15, -0.1) is 0 Å². The van der Waals surface area contributed by atoms with E-state index in [0.717, 1.165) is 15.6 Å². The molecule has 1 aromatic carbocycles. The molecule has 0 heterocycles. The second-order valence-corrected chi connectivity index (χ2v) is 4.11. The van der Waals surface area contributed by atoms with Gasteiger partial charge in [0.15, 0.2) is 0 Å². The van der Waals surface area contributed by atoms with Gasteiger partial charge in [-0.2, -0.15) is 0 Å². The van der Waals surface area contributed by atoms with Crippen LogP contribution < -0.4 is 0 Å². The predicted octanol–water partition coefficient (Wildman–Crippen LogP) is 4.06. The molecule has 0 aromatic heterocycles. The fraction of sp³-hybridized carbons (Fsp3) is 0.462. The summed E-state index contributed by atoms with van der Waals surface area (Å²) in [7, 11) is 1.40. The Balaban J connectivity index is 0.00000106. The van der Waals surface area contributed by atoms with Crippen LogP contribution >= 0.6 is 15.9 Å². The zero-order valence-corrected chi connectivity index (χ0v) is 12.1. The first-order valence-electron chi connectivity index (χ1n) is 5.40. The Bertz CT molecular complexity index is 348. The van der Waals surface area contributed by atoms with E-state index in [0.29, 0.717) is 0 Å². The highest BCUT2D eigenvalue weighted by Gasteiger charge is 2.15. The van der Waals surface area contributed by atoms with Crippen LogP contribution in [0.15, 0.2) is 22.7 Å². The van der Waals surface area contributed by atoms with Crippen molar-refractivity contribution in [2.24, 2.45) is 0 Å². The number of carbonyl (C=O) groups is 1. The lowest BCUT2D eigenvalue weighted by Crippen LogP contribution is -2.10. The summed E-state index contributed by atoms with van der Waals surface area (Å²) in [4.78, 5) is 11.3. The summed E-state index contributed by atoms with van der Waals surface area (Å²) in [6.45, 7) is 7.85. The van der Waals surface area contributed by atoms with E-state index in [-0.39, 0.29) is 11.9 Å². The van der Waals surface area contributed by atoms with Crippen molar-refractivity contribution in [2.45, 2.75) is 33.6 Å². The van der Waals surface area contributed by atoms with Gasteiger partial charge in [-0.1, -0.05) is 41.9 Å². The van der Waals surface area contributed by atoms with Crippen molar-refractivity contribution in [3.05, 3.63) is 33.8 Å². The second-order valence-electron chi connectivity index (χ2n) is 3.25. The maximum atomic E-state index is 11.3. The molecule has 16 heavy (non-hydrogen) atoms. The van der Waals surface area contributed by atoms with E-state index in [2.05, 4.69) is 20.7 Å². The second kappa shape index (κ2) is 7.44. The molecule has 0 spiro atoms. The molecule has 0 aliphatic heterocycles. The number of rotatable bonds is 2. The Hall–Kier alpha value is -0.830. The molecular weight excluding hydrogens is 268 g/mol. The lowest BCUT2D eigenvalue weighted by molar-refractivity contribution is -0.141. The molecule has 0 aliphatic rings. The molecule has 0 bridgehead atoms. The Morgan fingerprint density at radius 3 is 2.38 bits per heavy atom. The van der Waals surface area contributed by atoms with Gasteiger partial charge in [0.25, 0.3) is 0 Å². The first-order chi connectivity index (χ1) is 7.56. The Kier molecular flexibility index (Phi) is 7.06. The summed E-state index contributed by atoms with van der Waals surface area (Å²) in [5, 5.41) is 0. The molecule has 1 unspecified atom stereocenters. The molecule has 0 amide bonds. The van der Waals surface area contributed by atoms with Crippen LogP contribution in [0.25, 0.3) is 0 Å². The molecule has 1 aromatic rings. The fourth-order valence-electron chi connectivity index (χ4n) is 1.19. The number of esters is 1. The number of hydrogen-bond donors (Lipinski definition) is 0. The van der Waals surface area contributed by atoms with Crippen molar-refractivity contribution in [3.8, 4) is 0 Å². The smallest absolute Gasteiger partial charge is 0.312 e. The zero-order chi connectivity index (χ0) is 12.7. The SMILES string of the molecule is CC.COC(=O)C(C)c1ccc(C)c(Br)c1. The van der Waals surface area contributed by atoms with Crippen LogP contribution in [0.3, 0.4) is 0 Å². The normalized spacial score (nSPS) is 11.1. The summed E-state index contributed by atoms with van der Waals surface area (Å²) in [5.74, 6) is -0.419. The molecule has 0 N–H and O–H groups in total. The van der Waals surface area contributed by atoms with Crippen LogP contribution in [0.5, 0.6) is 0 Å². The van der Waals surface area contributed by atoms with Gasteiger partial charge in [0, 0.05) is 4.47 Å².